The summed E-state index contributed by atoms with van der Waals surface area (Å²) in [5, 5.41) is 4.24. The number of ether oxygens (including phenoxy) is 1. The van der Waals surface area contributed by atoms with Crippen LogP contribution in [-0.4, -0.2) is 27.5 Å². The van der Waals surface area contributed by atoms with Crippen molar-refractivity contribution in [2.45, 2.75) is 38.9 Å². The molecule has 3 heterocycles. The molecule has 0 fully saturated rings. The summed E-state index contributed by atoms with van der Waals surface area (Å²) in [6.45, 7) is 6.49. The summed E-state index contributed by atoms with van der Waals surface area (Å²) in [7, 11) is 1.61. The van der Waals surface area contributed by atoms with Crippen LogP contribution in [0.5, 0.6) is 5.75 Å². The predicted octanol–water partition coefficient (Wildman–Crippen LogP) is 6.16. The Hall–Kier alpha value is -3.55. The van der Waals surface area contributed by atoms with Gasteiger partial charge in [0.2, 0.25) is 0 Å². The van der Waals surface area contributed by atoms with Crippen LogP contribution in [0, 0.1) is 0 Å². The molecule has 5 rings (SSSR count). The zero-order valence-electron chi connectivity index (χ0n) is 20.9. The third-order valence-electron chi connectivity index (χ3n) is 6.91. The number of rotatable bonds is 6. The first-order chi connectivity index (χ1) is 17.7. The Labute approximate surface area is 224 Å². The SMILES string of the molecule is CCn1cc(NC2c3ccc(Cl)cc3C(C)(C)n3c(-c4ccccc4OC)nc(C=O)c32)cc(Cl)c1=O. The Morgan fingerprint density at radius 2 is 1.92 bits per heavy atom. The van der Waals surface area contributed by atoms with Gasteiger partial charge in [-0.05, 0) is 62.2 Å². The fraction of sp³-hybridized carbons (Fsp3) is 0.250. The van der Waals surface area contributed by atoms with E-state index in [-0.39, 0.29) is 10.6 Å². The maximum atomic E-state index is 12.4. The van der Waals surface area contributed by atoms with Gasteiger partial charge in [0.05, 0.1) is 35.6 Å². The lowest BCUT2D eigenvalue weighted by molar-refractivity contribution is 0.111. The molecule has 0 radical (unpaired) electrons. The molecule has 4 aromatic rings. The average molecular weight is 537 g/mol. The van der Waals surface area contributed by atoms with Gasteiger partial charge < -0.3 is 19.2 Å². The van der Waals surface area contributed by atoms with Gasteiger partial charge in [0.25, 0.3) is 5.56 Å². The number of aryl methyl sites for hydroxylation is 1. The second-order valence-electron chi connectivity index (χ2n) is 9.40. The molecule has 1 aliphatic rings. The van der Waals surface area contributed by atoms with Crippen molar-refractivity contribution in [3.63, 3.8) is 0 Å². The molecule has 7 nitrogen and oxygen atoms in total. The number of carbonyl (C=O) groups is 1. The number of aromatic nitrogens is 3. The Morgan fingerprint density at radius 3 is 2.62 bits per heavy atom. The van der Waals surface area contributed by atoms with Crippen LogP contribution in [0.2, 0.25) is 10.0 Å². The number of hydrogen-bond acceptors (Lipinski definition) is 5. The number of halogens is 2. The van der Waals surface area contributed by atoms with Gasteiger partial charge in [-0.15, -0.1) is 0 Å². The number of hydrogen-bond donors (Lipinski definition) is 1. The van der Waals surface area contributed by atoms with Crippen LogP contribution in [0.25, 0.3) is 11.4 Å². The third kappa shape index (κ3) is 4.03. The van der Waals surface area contributed by atoms with Gasteiger partial charge in [-0.2, -0.15) is 0 Å². The summed E-state index contributed by atoms with van der Waals surface area (Å²) in [6, 6.07) is 14.5. The van der Waals surface area contributed by atoms with E-state index in [2.05, 4.69) is 23.7 Å². The van der Waals surface area contributed by atoms with Crippen LogP contribution in [-0.2, 0) is 12.1 Å². The van der Waals surface area contributed by atoms with Crippen LogP contribution in [0.3, 0.4) is 0 Å². The zero-order chi connectivity index (χ0) is 26.5. The number of nitrogens with one attached hydrogen (secondary N) is 1. The Kier molecular flexibility index (Phi) is 6.38. The van der Waals surface area contributed by atoms with E-state index in [1.165, 1.54) is 0 Å². The smallest absolute Gasteiger partial charge is 0.269 e. The van der Waals surface area contributed by atoms with Crippen molar-refractivity contribution in [3.05, 3.63) is 97.6 Å². The van der Waals surface area contributed by atoms with E-state index in [1.807, 2.05) is 49.4 Å². The van der Waals surface area contributed by atoms with Crippen molar-refractivity contribution in [2.75, 3.05) is 12.4 Å². The van der Waals surface area contributed by atoms with Crippen molar-refractivity contribution in [2.24, 2.45) is 0 Å². The molecule has 9 heteroatoms. The monoisotopic (exact) mass is 536 g/mol. The lowest BCUT2D eigenvalue weighted by Crippen LogP contribution is -2.39. The molecule has 1 aliphatic heterocycles. The standard InChI is InChI=1S/C28H26Cl2N4O3/c1-5-33-14-17(13-21(30)27(33)36)31-24-18-11-10-16(29)12-20(18)28(2,3)34-25(24)22(15-35)32-26(34)19-8-6-7-9-23(19)37-4/h6-15,24,31H,5H2,1-4H3. The Balaban J connectivity index is 1.81. The van der Waals surface area contributed by atoms with Crippen LogP contribution < -0.4 is 15.6 Å². The highest BCUT2D eigenvalue weighted by Crippen LogP contribution is 2.47. The molecular formula is C28H26Cl2N4O3. The van der Waals surface area contributed by atoms with Crippen molar-refractivity contribution in [3.8, 4) is 17.1 Å². The summed E-state index contributed by atoms with van der Waals surface area (Å²) < 4.78 is 9.25. The first kappa shape index (κ1) is 25.1. The first-order valence-electron chi connectivity index (χ1n) is 11.9. The van der Waals surface area contributed by atoms with Crippen molar-refractivity contribution in [1.82, 2.24) is 14.1 Å². The summed E-state index contributed by atoms with van der Waals surface area (Å²) in [5.74, 6) is 1.25. The molecule has 0 amide bonds. The highest BCUT2D eigenvalue weighted by Gasteiger charge is 2.42. The third-order valence-corrected chi connectivity index (χ3v) is 7.42. The largest absolute Gasteiger partial charge is 0.496 e. The molecule has 37 heavy (non-hydrogen) atoms. The van der Waals surface area contributed by atoms with Crippen LogP contribution in [0.1, 0.15) is 54.1 Å². The number of fused-ring (bicyclic) bond motifs is 2. The number of para-hydroxylation sites is 1. The summed E-state index contributed by atoms with van der Waals surface area (Å²) in [5.41, 5.74) is 3.46. The quantitative estimate of drug-likeness (QED) is 0.298. The molecule has 1 unspecified atom stereocenters. The average Bonchev–Trinajstić information content (AvgIpc) is 3.29. The van der Waals surface area contributed by atoms with Gasteiger partial charge in [-0.25, -0.2) is 4.98 Å². The Bertz CT molecular complexity index is 1590. The normalized spacial score (nSPS) is 15.6. The number of aldehydes is 1. The molecule has 2 aromatic heterocycles. The second kappa shape index (κ2) is 9.39. The van der Waals surface area contributed by atoms with Crippen molar-refractivity contribution < 1.29 is 9.53 Å². The van der Waals surface area contributed by atoms with E-state index in [9.17, 15) is 9.59 Å². The van der Waals surface area contributed by atoms with E-state index < -0.39 is 11.6 Å². The number of nitrogens with zero attached hydrogens (tertiary/aromatic N) is 3. The number of carbonyl (C=O) groups excluding carboxylic acids is 1. The predicted molar refractivity (Wildman–Crippen MR) is 146 cm³/mol. The van der Waals surface area contributed by atoms with Crippen molar-refractivity contribution in [1.29, 1.82) is 0 Å². The summed E-state index contributed by atoms with van der Waals surface area (Å²) in [6.07, 6.45) is 2.50. The van der Waals surface area contributed by atoms with Gasteiger partial charge in [-0.1, -0.05) is 41.4 Å². The molecule has 1 atom stereocenters. The lowest BCUT2D eigenvalue weighted by atomic mass is 9.81. The van der Waals surface area contributed by atoms with Crippen LogP contribution in [0.4, 0.5) is 5.69 Å². The molecule has 0 bridgehead atoms. The van der Waals surface area contributed by atoms with Crippen LogP contribution >= 0.6 is 23.2 Å². The molecule has 0 spiro atoms. The van der Waals surface area contributed by atoms with Gasteiger partial charge in [0.15, 0.2) is 6.29 Å². The maximum absolute atomic E-state index is 12.4. The minimum Gasteiger partial charge on any atom is -0.496 e. The molecule has 0 aliphatic carbocycles. The fourth-order valence-electron chi connectivity index (χ4n) is 5.19. The van der Waals surface area contributed by atoms with Gasteiger partial charge in [0, 0.05) is 17.8 Å². The van der Waals surface area contributed by atoms with Gasteiger partial charge in [-0.3, -0.25) is 9.59 Å². The van der Waals surface area contributed by atoms with E-state index >= 15 is 0 Å². The molecule has 1 N–H and O–H groups in total. The van der Waals surface area contributed by atoms with E-state index in [0.717, 1.165) is 23.0 Å². The van der Waals surface area contributed by atoms with Gasteiger partial charge >= 0.3 is 0 Å². The zero-order valence-corrected chi connectivity index (χ0v) is 22.4. The molecule has 2 aromatic carbocycles. The van der Waals surface area contributed by atoms with Crippen LogP contribution in [0.15, 0.2) is 59.5 Å². The lowest BCUT2D eigenvalue weighted by Gasteiger charge is -2.41. The molecule has 0 saturated heterocycles. The summed E-state index contributed by atoms with van der Waals surface area (Å²) >= 11 is 12.8. The minimum absolute atomic E-state index is 0.109. The first-order valence-corrected chi connectivity index (χ1v) is 12.6. The van der Waals surface area contributed by atoms with E-state index in [1.54, 1.807) is 23.9 Å². The molecular weight excluding hydrogens is 511 g/mol. The number of benzene rings is 2. The number of methoxy groups -OCH3 is 1. The molecule has 190 valence electrons. The summed E-state index contributed by atoms with van der Waals surface area (Å²) in [4.78, 5) is 29.6. The maximum Gasteiger partial charge on any atom is 0.269 e. The second-order valence-corrected chi connectivity index (χ2v) is 10.2. The highest BCUT2D eigenvalue weighted by atomic mass is 35.5. The van der Waals surface area contributed by atoms with E-state index in [4.69, 9.17) is 32.9 Å². The topological polar surface area (TPSA) is 78.2 Å². The number of imidazole rings is 1. The number of pyridine rings is 1. The Morgan fingerprint density at radius 1 is 1.16 bits per heavy atom. The van der Waals surface area contributed by atoms with Crippen molar-refractivity contribution >= 4 is 35.2 Å². The highest BCUT2D eigenvalue weighted by molar-refractivity contribution is 6.31. The van der Waals surface area contributed by atoms with E-state index in [0.29, 0.717) is 40.2 Å². The number of anilines is 1. The van der Waals surface area contributed by atoms with Gasteiger partial charge in [0.1, 0.15) is 22.3 Å². The fourth-order valence-corrected chi connectivity index (χ4v) is 5.59. The molecule has 0 saturated carbocycles. The minimum atomic E-state index is -0.613.